The SMILES string of the molecule is Nc1c(C(=O)O)ccc(-c2ccc3ccccc3n2)c1C(F)(F)F. The summed E-state index contributed by atoms with van der Waals surface area (Å²) in [6, 6.07) is 12.2. The molecular weight excluding hydrogens is 321 g/mol. The summed E-state index contributed by atoms with van der Waals surface area (Å²) in [6.07, 6.45) is -4.81. The molecule has 7 heteroatoms. The minimum atomic E-state index is -4.81. The van der Waals surface area contributed by atoms with Crippen molar-refractivity contribution >= 4 is 22.6 Å². The van der Waals surface area contributed by atoms with Gasteiger partial charge in [-0.2, -0.15) is 13.2 Å². The van der Waals surface area contributed by atoms with Crippen LogP contribution in [0, 0.1) is 0 Å². The Bertz CT molecular complexity index is 952. The molecule has 0 atom stereocenters. The van der Waals surface area contributed by atoms with E-state index in [1.54, 1.807) is 30.3 Å². The molecule has 0 saturated heterocycles. The maximum Gasteiger partial charge on any atom is 0.419 e. The number of nitrogens with zero attached hydrogens (tertiary/aromatic N) is 1. The first-order chi connectivity index (χ1) is 11.3. The van der Waals surface area contributed by atoms with Crippen molar-refractivity contribution in [2.45, 2.75) is 6.18 Å². The summed E-state index contributed by atoms with van der Waals surface area (Å²) in [5.74, 6) is -1.52. The summed E-state index contributed by atoms with van der Waals surface area (Å²) in [6.45, 7) is 0. The third-order valence-electron chi connectivity index (χ3n) is 3.63. The van der Waals surface area contributed by atoms with Gasteiger partial charge in [0.15, 0.2) is 0 Å². The Morgan fingerprint density at radius 2 is 1.75 bits per heavy atom. The smallest absolute Gasteiger partial charge is 0.419 e. The molecule has 3 aromatic rings. The normalized spacial score (nSPS) is 11.6. The molecule has 3 rings (SSSR count). The number of alkyl halides is 3. The fourth-order valence-corrected chi connectivity index (χ4v) is 2.54. The van der Waals surface area contributed by atoms with Crippen LogP contribution in [0.25, 0.3) is 22.2 Å². The maximum atomic E-state index is 13.5. The number of pyridine rings is 1. The lowest BCUT2D eigenvalue weighted by molar-refractivity contribution is -0.136. The van der Waals surface area contributed by atoms with Gasteiger partial charge >= 0.3 is 12.1 Å². The lowest BCUT2D eigenvalue weighted by atomic mass is 9.97. The number of aromatic carboxylic acids is 1. The zero-order chi connectivity index (χ0) is 17.5. The van der Waals surface area contributed by atoms with Crippen LogP contribution >= 0.6 is 0 Å². The monoisotopic (exact) mass is 332 g/mol. The van der Waals surface area contributed by atoms with E-state index in [0.29, 0.717) is 5.52 Å². The lowest BCUT2D eigenvalue weighted by Gasteiger charge is -2.17. The van der Waals surface area contributed by atoms with Crippen molar-refractivity contribution in [3.63, 3.8) is 0 Å². The second-order valence-corrected chi connectivity index (χ2v) is 5.14. The number of carboxylic acids is 1. The largest absolute Gasteiger partial charge is 0.478 e. The molecule has 1 aromatic heterocycles. The maximum absolute atomic E-state index is 13.5. The molecule has 2 aromatic carbocycles. The number of carboxylic acid groups (broad SMARTS) is 1. The summed E-state index contributed by atoms with van der Waals surface area (Å²) in [5.41, 5.74) is 3.25. The summed E-state index contributed by atoms with van der Waals surface area (Å²) in [7, 11) is 0. The van der Waals surface area contributed by atoms with Crippen LogP contribution in [-0.4, -0.2) is 16.1 Å². The molecule has 0 radical (unpaired) electrons. The standard InChI is InChI=1S/C17H11F3N2O2/c18-17(19,20)14-10(6-7-11(15(14)21)16(23)24)13-8-5-9-3-1-2-4-12(9)22-13/h1-8H,21H2,(H,23,24). The van der Waals surface area contributed by atoms with Crippen molar-refractivity contribution < 1.29 is 23.1 Å². The number of aromatic nitrogens is 1. The summed E-state index contributed by atoms with van der Waals surface area (Å²) in [4.78, 5) is 15.3. The van der Waals surface area contributed by atoms with Gasteiger partial charge in [-0.3, -0.25) is 0 Å². The van der Waals surface area contributed by atoms with Crippen molar-refractivity contribution in [3.8, 4) is 11.3 Å². The Kier molecular flexibility index (Phi) is 3.63. The zero-order valence-electron chi connectivity index (χ0n) is 12.1. The molecule has 4 nitrogen and oxygen atoms in total. The number of hydrogen-bond acceptors (Lipinski definition) is 3. The zero-order valence-corrected chi connectivity index (χ0v) is 12.1. The van der Waals surface area contributed by atoms with E-state index in [4.69, 9.17) is 10.8 Å². The minimum Gasteiger partial charge on any atom is -0.478 e. The second-order valence-electron chi connectivity index (χ2n) is 5.14. The molecule has 1 heterocycles. The predicted molar refractivity (Wildman–Crippen MR) is 83.6 cm³/mol. The molecule has 122 valence electrons. The number of nitrogens with two attached hydrogens (primary N) is 1. The molecule has 0 bridgehead atoms. The average molecular weight is 332 g/mol. The molecule has 0 aliphatic carbocycles. The van der Waals surface area contributed by atoms with E-state index < -0.39 is 29.0 Å². The van der Waals surface area contributed by atoms with Gasteiger partial charge in [0.05, 0.1) is 28.0 Å². The van der Waals surface area contributed by atoms with Crippen molar-refractivity contribution in [2.75, 3.05) is 5.73 Å². The van der Waals surface area contributed by atoms with E-state index in [9.17, 15) is 18.0 Å². The number of para-hydroxylation sites is 1. The van der Waals surface area contributed by atoms with E-state index in [2.05, 4.69) is 4.98 Å². The van der Waals surface area contributed by atoms with E-state index in [0.717, 1.165) is 17.5 Å². The Balaban J connectivity index is 2.29. The summed E-state index contributed by atoms with van der Waals surface area (Å²) >= 11 is 0. The molecule has 0 fully saturated rings. The highest BCUT2D eigenvalue weighted by Crippen LogP contribution is 2.41. The van der Waals surface area contributed by atoms with Gasteiger partial charge in [-0.1, -0.05) is 30.3 Å². The minimum absolute atomic E-state index is 0.0738. The first-order valence-electron chi connectivity index (χ1n) is 6.88. The molecule has 0 spiro atoms. The van der Waals surface area contributed by atoms with Gasteiger partial charge in [-0.25, -0.2) is 9.78 Å². The number of rotatable bonds is 2. The third kappa shape index (κ3) is 2.64. The van der Waals surface area contributed by atoms with E-state index in [1.807, 2.05) is 0 Å². The molecule has 24 heavy (non-hydrogen) atoms. The van der Waals surface area contributed by atoms with Gasteiger partial charge in [0.2, 0.25) is 0 Å². The molecule has 0 unspecified atom stereocenters. The van der Waals surface area contributed by atoms with Gasteiger partial charge in [0.1, 0.15) is 0 Å². The van der Waals surface area contributed by atoms with Crippen molar-refractivity contribution in [1.29, 1.82) is 0 Å². The quantitative estimate of drug-likeness (QED) is 0.690. The Morgan fingerprint density at radius 3 is 2.42 bits per heavy atom. The van der Waals surface area contributed by atoms with Gasteiger partial charge in [-0.05, 0) is 18.2 Å². The van der Waals surface area contributed by atoms with Crippen LogP contribution in [-0.2, 0) is 6.18 Å². The summed E-state index contributed by atoms with van der Waals surface area (Å²) < 4.78 is 40.4. The van der Waals surface area contributed by atoms with Crippen LogP contribution in [0.15, 0.2) is 48.5 Å². The van der Waals surface area contributed by atoms with Gasteiger partial charge in [0.25, 0.3) is 0 Å². The Hall–Kier alpha value is -3.09. The number of benzene rings is 2. The fourth-order valence-electron chi connectivity index (χ4n) is 2.54. The van der Waals surface area contributed by atoms with Crippen LogP contribution in [0.1, 0.15) is 15.9 Å². The fraction of sp³-hybridized carbons (Fsp3) is 0.0588. The summed E-state index contributed by atoms with van der Waals surface area (Å²) in [5, 5.41) is 9.78. The average Bonchev–Trinajstić information content (AvgIpc) is 2.52. The number of carbonyl (C=O) groups is 1. The number of hydrogen-bond donors (Lipinski definition) is 2. The van der Waals surface area contributed by atoms with E-state index >= 15 is 0 Å². The Morgan fingerprint density at radius 1 is 1.04 bits per heavy atom. The highest BCUT2D eigenvalue weighted by Gasteiger charge is 2.38. The Labute approximate surface area is 134 Å². The van der Waals surface area contributed by atoms with Crippen molar-refractivity contribution in [1.82, 2.24) is 4.98 Å². The second kappa shape index (κ2) is 5.52. The topological polar surface area (TPSA) is 76.2 Å². The number of nitrogen functional groups attached to an aromatic ring is 1. The molecule has 0 aliphatic heterocycles. The van der Waals surface area contributed by atoms with Crippen molar-refractivity contribution in [3.05, 3.63) is 59.7 Å². The van der Waals surface area contributed by atoms with Crippen LogP contribution in [0.5, 0.6) is 0 Å². The lowest BCUT2D eigenvalue weighted by Crippen LogP contribution is -2.15. The number of anilines is 1. The highest BCUT2D eigenvalue weighted by molar-refractivity contribution is 5.96. The first-order valence-corrected chi connectivity index (χ1v) is 6.88. The van der Waals surface area contributed by atoms with Crippen molar-refractivity contribution in [2.24, 2.45) is 0 Å². The highest BCUT2D eigenvalue weighted by atomic mass is 19.4. The van der Waals surface area contributed by atoms with Crippen LogP contribution in [0.4, 0.5) is 18.9 Å². The van der Waals surface area contributed by atoms with Crippen LogP contribution < -0.4 is 5.73 Å². The van der Waals surface area contributed by atoms with Gasteiger partial charge < -0.3 is 10.8 Å². The molecular formula is C17H11F3N2O2. The molecule has 0 amide bonds. The van der Waals surface area contributed by atoms with Gasteiger partial charge in [0, 0.05) is 10.9 Å². The molecule has 0 saturated carbocycles. The molecule has 3 N–H and O–H groups in total. The number of halogens is 3. The predicted octanol–water partition coefficient (Wildman–Crippen LogP) is 4.20. The molecule has 0 aliphatic rings. The van der Waals surface area contributed by atoms with Gasteiger partial charge in [-0.15, -0.1) is 0 Å². The van der Waals surface area contributed by atoms with E-state index in [-0.39, 0.29) is 11.3 Å². The first kappa shape index (κ1) is 15.8. The van der Waals surface area contributed by atoms with Crippen LogP contribution in [0.2, 0.25) is 0 Å². The van der Waals surface area contributed by atoms with Crippen LogP contribution in [0.3, 0.4) is 0 Å². The third-order valence-corrected chi connectivity index (χ3v) is 3.63. The van der Waals surface area contributed by atoms with E-state index in [1.165, 1.54) is 6.07 Å². The number of fused-ring (bicyclic) bond motifs is 1.